The first kappa shape index (κ1) is 15.8. The second-order valence-electron chi connectivity index (χ2n) is 4.70. The van der Waals surface area contributed by atoms with Crippen molar-refractivity contribution in [1.29, 1.82) is 0 Å². The normalized spacial score (nSPS) is 19.5. The first-order valence-electron chi connectivity index (χ1n) is 5.87. The van der Waals surface area contributed by atoms with Gasteiger partial charge in [-0.3, -0.25) is 4.79 Å². The SMILES string of the molecule is CN1CC(C(=O)C(F)(F)F)CCc2nc(Cl)c(I)cc21. The fourth-order valence-corrected chi connectivity index (χ4v) is 2.86. The van der Waals surface area contributed by atoms with Gasteiger partial charge in [-0.15, -0.1) is 0 Å². The Kier molecular flexibility index (Phi) is 4.48. The van der Waals surface area contributed by atoms with E-state index in [1.807, 2.05) is 22.6 Å². The number of rotatable bonds is 1. The summed E-state index contributed by atoms with van der Waals surface area (Å²) >= 11 is 7.95. The highest BCUT2D eigenvalue weighted by atomic mass is 127. The first-order valence-corrected chi connectivity index (χ1v) is 7.33. The summed E-state index contributed by atoms with van der Waals surface area (Å²) in [6.45, 7) is 0.0325. The van der Waals surface area contributed by atoms with Crippen LogP contribution in [0.3, 0.4) is 0 Å². The van der Waals surface area contributed by atoms with Gasteiger partial charge in [0.2, 0.25) is 5.78 Å². The molecule has 0 N–H and O–H groups in total. The molecule has 110 valence electrons. The van der Waals surface area contributed by atoms with E-state index in [0.717, 1.165) is 9.26 Å². The molecule has 0 amide bonds. The van der Waals surface area contributed by atoms with E-state index in [4.69, 9.17) is 11.6 Å². The predicted molar refractivity (Wildman–Crippen MR) is 78.1 cm³/mol. The van der Waals surface area contributed by atoms with Crippen LogP contribution in [0.4, 0.5) is 18.9 Å². The molecule has 0 bridgehead atoms. The summed E-state index contributed by atoms with van der Waals surface area (Å²) in [4.78, 5) is 17.2. The van der Waals surface area contributed by atoms with Gasteiger partial charge >= 0.3 is 6.18 Å². The Balaban J connectivity index is 2.30. The molecule has 0 aliphatic carbocycles. The lowest BCUT2D eigenvalue weighted by molar-refractivity contribution is -0.175. The quantitative estimate of drug-likeness (QED) is 0.517. The van der Waals surface area contributed by atoms with Gasteiger partial charge < -0.3 is 4.90 Å². The van der Waals surface area contributed by atoms with E-state index in [1.54, 1.807) is 18.0 Å². The number of hydrogen-bond donors (Lipinski definition) is 0. The van der Waals surface area contributed by atoms with Crippen LogP contribution in [-0.2, 0) is 11.2 Å². The van der Waals surface area contributed by atoms with Gasteiger partial charge in [0, 0.05) is 19.5 Å². The number of aromatic nitrogens is 1. The summed E-state index contributed by atoms with van der Waals surface area (Å²) in [7, 11) is 1.66. The Morgan fingerprint density at radius 1 is 1.55 bits per heavy atom. The topological polar surface area (TPSA) is 33.2 Å². The average Bonchev–Trinajstić information content (AvgIpc) is 2.49. The molecule has 0 aromatic carbocycles. The van der Waals surface area contributed by atoms with Gasteiger partial charge in [0.25, 0.3) is 0 Å². The molecule has 8 heteroatoms. The zero-order valence-electron chi connectivity index (χ0n) is 10.5. The Morgan fingerprint density at radius 3 is 2.80 bits per heavy atom. The summed E-state index contributed by atoms with van der Waals surface area (Å²) in [5.74, 6) is -2.73. The Bertz CT molecular complexity index is 550. The number of hydrogen-bond acceptors (Lipinski definition) is 3. The molecular weight excluding hydrogens is 407 g/mol. The van der Waals surface area contributed by atoms with Crippen molar-refractivity contribution in [2.75, 3.05) is 18.5 Å². The minimum absolute atomic E-state index is 0.0325. The van der Waals surface area contributed by atoms with Crippen molar-refractivity contribution >= 4 is 45.7 Å². The fraction of sp³-hybridized carbons (Fsp3) is 0.500. The molecule has 1 atom stereocenters. The van der Waals surface area contributed by atoms with Crippen molar-refractivity contribution in [2.45, 2.75) is 19.0 Å². The number of ketones is 1. The number of carbonyl (C=O) groups excluding carboxylic acids is 1. The largest absolute Gasteiger partial charge is 0.450 e. The molecule has 20 heavy (non-hydrogen) atoms. The van der Waals surface area contributed by atoms with Crippen LogP contribution in [-0.4, -0.2) is 30.5 Å². The van der Waals surface area contributed by atoms with Gasteiger partial charge in [0.1, 0.15) is 5.15 Å². The molecule has 0 saturated heterocycles. The first-order chi connectivity index (χ1) is 9.20. The van der Waals surface area contributed by atoms with E-state index in [-0.39, 0.29) is 13.0 Å². The van der Waals surface area contributed by atoms with E-state index in [2.05, 4.69) is 4.98 Å². The predicted octanol–water partition coefficient (Wildman–Crippen LogP) is 3.47. The van der Waals surface area contributed by atoms with E-state index in [0.29, 0.717) is 17.3 Å². The monoisotopic (exact) mass is 418 g/mol. The van der Waals surface area contributed by atoms with Gasteiger partial charge in [-0.25, -0.2) is 4.98 Å². The molecular formula is C12H11ClF3IN2O. The fourth-order valence-electron chi connectivity index (χ4n) is 2.28. The highest BCUT2D eigenvalue weighted by Gasteiger charge is 2.44. The molecule has 0 radical (unpaired) electrons. The van der Waals surface area contributed by atoms with Crippen molar-refractivity contribution in [2.24, 2.45) is 5.92 Å². The second-order valence-corrected chi connectivity index (χ2v) is 6.23. The molecule has 0 saturated carbocycles. The maximum atomic E-state index is 12.5. The third-order valence-electron chi connectivity index (χ3n) is 3.27. The lowest BCUT2D eigenvalue weighted by Crippen LogP contribution is -2.37. The molecule has 2 rings (SSSR count). The highest BCUT2D eigenvalue weighted by Crippen LogP contribution is 2.33. The molecule has 1 unspecified atom stereocenters. The number of nitrogens with zero attached hydrogens (tertiary/aromatic N) is 2. The third-order valence-corrected chi connectivity index (χ3v) is 4.70. The molecule has 1 aromatic rings. The maximum absolute atomic E-state index is 12.5. The number of anilines is 1. The number of alkyl halides is 3. The van der Waals surface area contributed by atoms with Crippen molar-refractivity contribution in [3.63, 3.8) is 0 Å². The third kappa shape index (κ3) is 3.19. The maximum Gasteiger partial charge on any atom is 0.450 e. The van der Waals surface area contributed by atoms with Gasteiger partial charge in [0.05, 0.1) is 15.0 Å². The lowest BCUT2D eigenvalue weighted by atomic mass is 9.98. The zero-order valence-corrected chi connectivity index (χ0v) is 13.4. The number of fused-ring (bicyclic) bond motifs is 1. The zero-order chi connectivity index (χ0) is 15.1. The second kappa shape index (κ2) is 5.67. The Morgan fingerprint density at radius 2 is 2.20 bits per heavy atom. The van der Waals surface area contributed by atoms with Crippen molar-refractivity contribution < 1.29 is 18.0 Å². The molecule has 1 aromatic heterocycles. The minimum atomic E-state index is -4.79. The lowest BCUT2D eigenvalue weighted by Gasteiger charge is -2.23. The van der Waals surface area contributed by atoms with Crippen molar-refractivity contribution in [3.05, 3.63) is 20.5 Å². The number of aryl methyl sites for hydroxylation is 1. The smallest absolute Gasteiger partial charge is 0.372 e. The Hall–Kier alpha value is -0.570. The van der Waals surface area contributed by atoms with Crippen LogP contribution in [0.25, 0.3) is 0 Å². The summed E-state index contributed by atoms with van der Waals surface area (Å²) < 4.78 is 38.4. The summed E-state index contributed by atoms with van der Waals surface area (Å²) in [5, 5.41) is 0.332. The van der Waals surface area contributed by atoms with E-state index < -0.39 is 17.9 Å². The van der Waals surface area contributed by atoms with Gasteiger partial charge in [-0.2, -0.15) is 13.2 Å². The van der Waals surface area contributed by atoms with Gasteiger partial charge in [-0.05, 0) is 41.5 Å². The number of carbonyl (C=O) groups is 1. The van der Waals surface area contributed by atoms with E-state index >= 15 is 0 Å². The number of halogens is 5. The van der Waals surface area contributed by atoms with E-state index in [1.165, 1.54) is 0 Å². The number of Topliss-reactive ketones (excluding diaryl/α,β-unsaturated/α-hetero) is 1. The molecule has 3 nitrogen and oxygen atoms in total. The van der Waals surface area contributed by atoms with Crippen molar-refractivity contribution in [1.82, 2.24) is 4.98 Å². The summed E-state index contributed by atoms with van der Waals surface area (Å²) in [5.41, 5.74) is 1.37. The van der Waals surface area contributed by atoms with Crippen LogP contribution >= 0.6 is 34.2 Å². The molecule has 1 aliphatic rings. The molecule has 2 heterocycles. The minimum Gasteiger partial charge on any atom is -0.372 e. The van der Waals surface area contributed by atoms with Crippen LogP contribution < -0.4 is 4.90 Å². The van der Waals surface area contributed by atoms with Crippen LogP contribution in [0.5, 0.6) is 0 Å². The summed E-state index contributed by atoms with van der Waals surface area (Å²) in [6.07, 6.45) is -4.36. The molecule has 1 aliphatic heterocycles. The van der Waals surface area contributed by atoms with Crippen LogP contribution in [0, 0.1) is 9.49 Å². The van der Waals surface area contributed by atoms with Crippen molar-refractivity contribution in [3.8, 4) is 0 Å². The number of pyridine rings is 1. The van der Waals surface area contributed by atoms with Crippen LogP contribution in [0.1, 0.15) is 12.1 Å². The standard InChI is InChI=1S/C12H11ClF3IN2O/c1-19-5-6(10(20)12(14,15)16)2-3-8-9(19)4-7(17)11(13)18-8/h4,6H,2-3,5H2,1H3. The van der Waals surface area contributed by atoms with E-state index in [9.17, 15) is 18.0 Å². The van der Waals surface area contributed by atoms with Crippen LogP contribution in [0.15, 0.2) is 6.07 Å². The van der Waals surface area contributed by atoms with Gasteiger partial charge in [0.15, 0.2) is 0 Å². The van der Waals surface area contributed by atoms with Gasteiger partial charge in [-0.1, -0.05) is 11.6 Å². The van der Waals surface area contributed by atoms with Crippen LogP contribution in [0.2, 0.25) is 5.15 Å². The Labute approximate surface area is 132 Å². The summed E-state index contributed by atoms with van der Waals surface area (Å²) in [6, 6.07) is 1.78. The average molecular weight is 419 g/mol. The molecule has 0 spiro atoms. The highest BCUT2D eigenvalue weighted by molar-refractivity contribution is 14.1. The molecule has 0 fully saturated rings.